The number of nitrogen functional groups attached to an aromatic ring is 2. The first-order valence-corrected chi connectivity index (χ1v) is 15.3. The van der Waals surface area contributed by atoms with Crippen molar-refractivity contribution in [1.29, 1.82) is 10.7 Å². The number of hydrogen-bond acceptors (Lipinski definition) is 11. The SMILES string of the molecule is CC=CC#N.N=C(N)c1cc(-c2ccon2)n(Cc2ccc(F)cc2F)n1.Nc1ccnc(-c2cc(-c3ccon3)n(Cc3ccc(F)cc3F)n2)n1. The topological polar surface area (TPSA) is 213 Å². The van der Waals surface area contributed by atoms with E-state index in [0.29, 0.717) is 40.1 Å². The van der Waals surface area contributed by atoms with Crippen LogP contribution in [-0.4, -0.2) is 45.7 Å². The van der Waals surface area contributed by atoms with Gasteiger partial charge in [-0.05, 0) is 37.3 Å². The Morgan fingerprint density at radius 3 is 1.83 bits per heavy atom. The van der Waals surface area contributed by atoms with Gasteiger partial charge in [-0.15, -0.1) is 0 Å². The number of amidine groups is 1. The Balaban J connectivity index is 0.000000184. The lowest BCUT2D eigenvalue weighted by atomic mass is 10.2. The Bertz CT molecular complexity index is 2380. The van der Waals surface area contributed by atoms with E-state index in [1.165, 1.54) is 58.4 Å². The molecule has 14 nitrogen and oxygen atoms in total. The highest BCUT2D eigenvalue weighted by atomic mass is 19.1. The molecule has 0 aliphatic rings. The maximum atomic E-state index is 14.0. The van der Waals surface area contributed by atoms with Crippen molar-refractivity contribution in [3.8, 4) is 40.4 Å². The minimum atomic E-state index is -0.675. The summed E-state index contributed by atoms with van der Waals surface area (Å²) in [5.74, 6) is -2.22. The lowest BCUT2D eigenvalue weighted by Gasteiger charge is -2.07. The molecule has 5 aromatic heterocycles. The van der Waals surface area contributed by atoms with Crippen molar-refractivity contribution < 1.29 is 26.6 Å². The summed E-state index contributed by atoms with van der Waals surface area (Å²) in [6, 6.07) is 16.6. The molecule has 0 aliphatic carbocycles. The smallest absolute Gasteiger partial charge is 0.182 e. The summed E-state index contributed by atoms with van der Waals surface area (Å²) in [6.45, 7) is 1.92. The maximum absolute atomic E-state index is 14.0. The molecule has 2 aromatic carbocycles. The van der Waals surface area contributed by atoms with Crippen LogP contribution in [-0.2, 0) is 13.1 Å². The van der Waals surface area contributed by atoms with E-state index in [1.54, 1.807) is 36.4 Å². The van der Waals surface area contributed by atoms with Gasteiger partial charge in [-0.1, -0.05) is 28.5 Å². The van der Waals surface area contributed by atoms with Crippen molar-refractivity contribution in [2.24, 2.45) is 5.73 Å². The summed E-state index contributed by atoms with van der Waals surface area (Å²) < 4.78 is 66.6. The zero-order valence-corrected chi connectivity index (χ0v) is 27.7. The number of nitrogens with zero attached hydrogens (tertiary/aromatic N) is 9. The molecule has 53 heavy (non-hydrogen) atoms. The fraction of sp³-hybridized carbons (Fsp3) is 0.0857. The molecule has 0 saturated heterocycles. The number of aromatic nitrogens is 8. The lowest BCUT2D eigenvalue weighted by Crippen LogP contribution is -2.13. The molecule has 0 amide bonds. The average Bonchev–Trinajstić information content (AvgIpc) is 3.96. The van der Waals surface area contributed by atoms with Gasteiger partial charge in [0.05, 0.1) is 30.5 Å². The molecule has 0 bridgehead atoms. The molecule has 0 spiro atoms. The Kier molecular flexibility index (Phi) is 11.8. The van der Waals surface area contributed by atoms with Crippen LogP contribution in [0.15, 0.2) is 107 Å². The van der Waals surface area contributed by atoms with Crippen LogP contribution in [0.2, 0.25) is 0 Å². The third kappa shape index (κ3) is 9.43. The van der Waals surface area contributed by atoms with Crippen molar-refractivity contribution in [2.45, 2.75) is 20.0 Å². The van der Waals surface area contributed by atoms with E-state index in [4.69, 9.17) is 31.2 Å². The van der Waals surface area contributed by atoms with E-state index in [2.05, 4.69) is 30.5 Å². The second-order valence-electron chi connectivity index (χ2n) is 10.7. The molecule has 0 unspecified atom stereocenters. The van der Waals surface area contributed by atoms with Gasteiger partial charge in [-0.2, -0.15) is 15.5 Å². The largest absolute Gasteiger partial charge is 0.384 e. The fourth-order valence-corrected chi connectivity index (χ4v) is 4.61. The quantitative estimate of drug-likeness (QED) is 0.0701. The molecule has 5 N–H and O–H groups in total. The van der Waals surface area contributed by atoms with Gasteiger partial charge in [0.25, 0.3) is 0 Å². The molecule has 0 saturated carbocycles. The monoisotopic (exact) mass is 724 g/mol. The van der Waals surface area contributed by atoms with Crippen molar-refractivity contribution in [3.63, 3.8) is 0 Å². The predicted molar refractivity (Wildman–Crippen MR) is 183 cm³/mol. The Morgan fingerprint density at radius 2 is 1.38 bits per heavy atom. The van der Waals surface area contributed by atoms with Gasteiger partial charge in [-0.25, -0.2) is 27.5 Å². The molecule has 18 heteroatoms. The minimum Gasteiger partial charge on any atom is -0.384 e. The highest BCUT2D eigenvalue weighted by molar-refractivity contribution is 5.94. The molecule has 0 radical (unpaired) electrons. The lowest BCUT2D eigenvalue weighted by molar-refractivity contribution is 0.421. The third-order valence-corrected chi connectivity index (χ3v) is 7.05. The van der Waals surface area contributed by atoms with Crippen molar-refractivity contribution >= 4 is 11.7 Å². The van der Waals surface area contributed by atoms with Crippen LogP contribution in [0, 0.1) is 40.0 Å². The molecular weight excluding hydrogens is 696 g/mol. The van der Waals surface area contributed by atoms with E-state index in [1.807, 2.05) is 13.0 Å². The van der Waals surface area contributed by atoms with E-state index in [9.17, 15) is 17.6 Å². The Labute approximate surface area is 298 Å². The number of halogens is 4. The van der Waals surface area contributed by atoms with Crippen LogP contribution in [0.3, 0.4) is 0 Å². The van der Waals surface area contributed by atoms with Gasteiger partial charge in [0.15, 0.2) is 5.82 Å². The average molecular weight is 725 g/mol. The number of benzene rings is 2. The van der Waals surface area contributed by atoms with E-state index < -0.39 is 23.3 Å². The summed E-state index contributed by atoms with van der Waals surface area (Å²) in [6.07, 6.45) is 7.45. The summed E-state index contributed by atoms with van der Waals surface area (Å²) >= 11 is 0. The number of rotatable bonds is 8. The molecule has 0 atom stereocenters. The van der Waals surface area contributed by atoms with Crippen LogP contribution in [0.4, 0.5) is 23.4 Å². The number of anilines is 1. The number of hydrogen-bond donors (Lipinski definition) is 3. The van der Waals surface area contributed by atoms with Gasteiger partial charge in [0.2, 0.25) is 0 Å². The third-order valence-electron chi connectivity index (χ3n) is 7.05. The van der Waals surface area contributed by atoms with Crippen LogP contribution in [0.1, 0.15) is 23.7 Å². The van der Waals surface area contributed by atoms with Gasteiger partial charge in [-0.3, -0.25) is 14.8 Å². The molecule has 0 aliphatic heterocycles. The predicted octanol–water partition coefficient (Wildman–Crippen LogP) is 6.14. The summed E-state index contributed by atoms with van der Waals surface area (Å²) in [7, 11) is 0. The number of allylic oxidation sites excluding steroid dienone is 2. The molecule has 268 valence electrons. The molecule has 5 heterocycles. The van der Waals surface area contributed by atoms with Crippen LogP contribution in [0.25, 0.3) is 34.3 Å². The first-order valence-electron chi connectivity index (χ1n) is 15.3. The highest BCUT2D eigenvalue weighted by Crippen LogP contribution is 2.25. The van der Waals surface area contributed by atoms with E-state index in [0.717, 1.165) is 12.1 Å². The molecule has 7 aromatic rings. The zero-order chi connectivity index (χ0) is 37.9. The summed E-state index contributed by atoms with van der Waals surface area (Å²) in [5, 5.41) is 31.5. The van der Waals surface area contributed by atoms with Crippen molar-refractivity contribution in [3.05, 3.63) is 138 Å². The van der Waals surface area contributed by atoms with Gasteiger partial charge < -0.3 is 20.5 Å². The molecular formula is C35H28F4N12O2. The second kappa shape index (κ2) is 17.0. The second-order valence-corrected chi connectivity index (χ2v) is 10.7. The fourth-order valence-electron chi connectivity index (χ4n) is 4.61. The minimum absolute atomic E-state index is 0.0432. The number of nitrogens with two attached hydrogens (primary N) is 2. The van der Waals surface area contributed by atoms with Gasteiger partial charge in [0, 0.05) is 47.7 Å². The van der Waals surface area contributed by atoms with Gasteiger partial charge in [0.1, 0.15) is 70.2 Å². The van der Waals surface area contributed by atoms with Crippen molar-refractivity contribution in [2.75, 3.05) is 5.73 Å². The number of nitrogens with one attached hydrogen (secondary N) is 1. The van der Waals surface area contributed by atoms with Crippen LogP contribution >= 0.6 is 0 Å². The van der Waals surface area contributed by atoms with Gasteiger partial charge >= 0.3 is 0 Å². The first kappa shape index (κ1) is 36.9. The van der Waals surface area contributed by atoms with Crippen LogP contribution < -0.4 is 11.5 Å². The molecule has 7 rings (SSSR count). The number of nitriles is 1. The maximum Gasteiger partial charge on any atom is 0.182 e. The molecule has 0 fully saturated rings. The zero-order valence-electron chi connectivity index (χ0n) is 27.7. The Morgan fingerprint density at radius 1 is 0.811 bits per heavy atom. The first-order chi connectivity index (χ1) is 25.6. The summed E-state index contributed by atoms with van der Waals surface area (Å²) in [4.78, 5) is 8.29. The summed E-state index contributed by atoms with van der Waals surface area (Å²) in [5.41, 5.74) is 14.4. The standard InChI is InChI=1S/C17H12F2N6O.C14H11F2N5O.C4H5N/c18-11-2-1-10(12(19)7-11)9-25-15(13-4-6-26-24-13)8-14(23-25)17-21-5-3-16(20)22-17;15-9-2-1-8(10(16)5-9)7-21-13(11-3-4-22-20-11)6-12(19-21)14(17)18;1-2-3-4-5/h1-8H,9H2,(H2,20,21,22);1-6H,7H2,(H3,17,18);2-3H,1H3. The van der Waals surface area contributed by atoms with E-state index in [-0.39, 0.29) is 35.7 Å². The van der Waals surface area contributed by atoms with E-state index >= 15 is 0 Å². The van der Waals surface area contributed by atoms with Crippen molar-refractivity contribution in [1.82, 2.24) is 39.8 Å². The Hall–Kier alpha value is -7.42. The van der Waals surface area contributed by atoms with Crippen LogP contribution in [0.5, 0.6) is 0 Å². The highest BCUT2D eigenvalue weighted by Gasteiger charge is 2.18. The normalized spacial score (nSPS) is 10.6.